The van der Waals surface area contributed by atoms with E-state index in [1.165, 1.54) is 0 Å². The van der Waals surface area contributed by atoms with Gasteiger partial charge in [0.25, 0.3) is 0 Å². The molecular weight excluding hydrogens is 152 g/mol. The van der Waals surface area contributed by atoms with E-state index in [9.17, 15) is 0 Å². The molecule has 1 aromatic carbocycles. The van der Waals surface area contributed by atoms with Crippen LogP contribution >= 0.6 is 0 Å². The minimum Gasteiger partial charge on any atom is -0.392 e. The SMILES string of the molecule is CC.OCc1ccccc1CO. The third-order valence-corrected chi connectivity index (χ3v) is 1.46. The third-order valence-electron chi connectivity index (χ3n) is 1.46. The fourth-order valence-electron chi connectivity index (χ4n) is 0.866. The largest absolute Gasteiger partial charge is 0.392 e. The second-order valence-corrected chi connectivity index (χ2v) is 2.08. The van der Waals surface area contributed by atoms with Crippen molar-refractivity contribution in [3.05, 3.63) is 35.4 Å². The standard InChI is InChI=1S/C8H10O2.C2H6/c9-5-7-3-1-2-4-8(7)6-10;1-2/h1-4,9-10H,5-6H2;1-2H3. The highest BCUT2D eigenvalue weighted by Crippen LogP contribution is 2.07. The number of aliphatic hydroxyl groups is 2. The average molecular weight is 168 g/mol. The normalized spacial score (nSPS) is 8.67. The highest BCUT2D eigenvalue weighted by Gasteiger charge is 1.95. The van der Waals surface area contributed by atoms with Gasteiger partial charge in [-0.25, -0.2) is 0 Å². The molecule has 1 aromatic rings. The summed E-state index contributed by atoms with van der Waals surface area (Å²) in [4.78, 5) is 0. The van der Waals surface area contributed by atoms with E-state index in [-0.39, 0.29) is 13.2 Å². The Morgan fingerprint density at radius 3 is 1.50 bits per heavy atom. The first-order valence-electron chi connectivity index (χ1n) is 4.17. The lowest BCUT2D eigenvalue weighted by molar-refractivity contribution is 0.260. The van der Waals surface area contributed by atoms with Gasteiger partial charge in [-0.3, -0.25) is 0 Å². The van der Waals surface area contributed by atoms with Gasteiger partial charge < -0.3 is 10.2 Å². The lowest BCUT2D eigenvalue weighted by atomic mass is 10.1. The zero-order valence-electron chi connectivity index (χ0n) is 7.62. The van der Waals surface area contributed by atoms with Gasteiger partial charge in [-0.05, 0) is 11.1 Å². The molecule has 0 heterocycles. The molecule has 0 saturated carbocycles. The van der Waals surface area contributed by atoms with Gasteiger partial charge in [-0.2, -0.15) is 0 Å². The fraction of sp³-hybridized carbons (Fsp3) is 0.400. The molecule has 2 heteroatoms. The molecule has 0 atom stereocenters. The molecule has 0 aliphatic carbocycles. The van der Waals surface area contributed by atoms with Crippen molar-refractivity contribution >= 4 is 0 Å². The van der Waals surface area contributed by atoms with Crippen molar-refractivity contribution in [3.8, 4) is 0 Å². The predicted octanol–water partition coefficient (Wildman–Crippen LogP) is 1.70. The molecule has 2 nitrogen and oxygen atoms in total. The molecule has 0 amide bonds. The highest BCUT2D eigenvalue weighted by atomic mass is 16.3. The first-order valence-corrected chi connectivity index (χ1v) is 4.17. The minimum absolute atomic E-state index is 0.00324. The topological polar surface area (TPSA) is 40.5 Å². The molecule has 2 N–H and O–H groups in total. The van der Waals surface area contributed by atoms with Crippen molar-refractivity contribution in [3.63, 3.8) is 0 Å². The monoisotopic (exact) mass is 168 g/mol. The van der Waals surface area contributed by atoms with E-state index in [1.807, 2.05) is 26.0 Å². The maximum atomic E-state index is 8.74. The predicted molar refractivity (Wildman–Crippen MR) is 49.6 cm³/mol. The molecule has 0 aromatic heterocycles. The van der Waals surface area contributed by atoms with Crippen LogP contribution in [0.25, 0.3) is 0 Å². The number of benzene rings is 1. The third kappa shape index (κ3) is 3.03. The number of rotatable bonds is 2. The van der Waals surface area contributed by atoms with E-state index in [2.05, 4.69) is 0 Å². The van der Waals surface area contributed by atoms with Gasteiger partial charge in [0.1, 0.15) is 0 Å². The molecule has 0 bridgehead atoms. The summed E-state index contributed by atoms with van der Waals surface area (Å²) in [7, 11) is 0. The first kappa shape index (κ1) is 11.1. The summed E-state index contributed by atoms with van der Waals surface area (Å²) in [6.07, 6.45) is 0. The van der Waals surface area contributed by atoms with Crippen molar-refractivity contribution in [2.75, 3.05) is 0 Å². The summed E-state index contributed by atoms with van der Waals surface area (Å²) in [6, 6.07) is 7.27. The van der Waals surface area contributed by atoms with Crippen LogP contribution < -0.4 is 0 Å². The maximum Gasteiger partial charge on any atom is 0.0685 e. The van der Waals surface area contributed by atoms with E-state index in [1.54, 1.807) is 12.1 Å². The summed E-state index contributed by atoms with van der Waals surface area (Å²) in [6.45, 7) is 3.99. The van der Waals surface area contributed by atoms with Crippen molar-refractivity contribution in [1.82, 2.24) is 0 Å². The van der Waals surface area contributed by atoms with Crippen molar-refractivity contribution in [2.45, 2.75) is 27.1 Å². The number of hydrogen-bond donors (Lipinski definition) is 2. The Bertz CT molecular complexity index is 186. The zero-order chi connectivity index (χ0) is 9.40. The molecule has 0 unspecified atom stereocenters. The van der Waals surface area contributed by atoms with E-state index < -0.39 is 0 Å². The Hall–Kier alpha value is -0.860. The lowest BCUT2D eigenvalue weighted by Crippen LogP contribution is -1.91. The van der Waals surface area contributed by atoms with Crippen LogP contribution in [-0.4, -0.2) is 10.2 Å². The quantitative estimate of drug-likeness (QED) is 0.705. The molecule has 0 aliphatic heterocycles. The van der Waals surface area contributed by atoms with Gasteiger partial charge in [0, 0.05) is 0 Å². The molecule has 0 aliphatic rings. The van der Waals surface area contributed by atoms with Crippen LogP contribution in [0.2, 0.25) is 0 Å². The molecule has 68 valence electrons. The summed E-state index contributed by atoms with van der Waals surface area (Å²) < 4.78 is 0. The molecule has 12 heavy (non-hydrogen) atoms. The Balaban J connectivity index is 0.000000561. The van der Waals surface area contributed by atoms with E-state index >= 15 is 0 Å². The zero-order valence-corrected chi connectivity index (χ0v) is 7.62. The first-order chi connectivity index (χ1) is 5.88. The van der Waals surface area contributed by atoms with Crippen molar-refractivity contribution < 1.29 is 10.2 Å². The minimum atomic E-state index is -0.00324. The average Bonchev–Trinajstić information content (AvgIpc) is 2.20. The Morgan fingerprint density at radius 2 is 1.25 bits per heavy atom. The van der Waals surface area contributed by atoms with Gasteiger partial charge in [0.2, 0.25) is 0 Å². The van der Waals surface area contributed by atoms with E-state index in [0.717, 1.165) is 11.1 Å². The van der Waals surface area contributed by atoms with Crippen LogP contribution in [0.15, 0.2) is 24.3 Å². The molecular formula is C10H16O2. The summed E-state index contributed by atoms with van der Waals surface area (Å²) in [5.41, 5.74) is 1.59. The molecule has 0 saturated heterocycles. The van der Waals surface area contributed by atoms with Gasteiger partial charge in [0.05, 0.1) is 13.2 Å². The lowest BCUT2D eigenvalue weighted by Gasteiger charge is -2.01. The number of hydrogen-bond acceptors (Lipinski definition) is 2. The highest BCUT2D eigenvalue weighted by molar-refractivity contribution is 5.25. The smallest absolute Gasteiger partial charge is 0.0685 e. The van der Waals surface area contributed by atoms with Crippen molar-refractivity contribution in [1.29, 1.82) is 0 Å². The second-order valence-electron chi connectivity index (χ2n) is 2.08. The second kappa shape index (κ2) is 6.83. The Labute approximate surface area is 73.5 Å². The Morgan fingerprint density at radius 1 is 0.917 bits per heavy atom. The van der Waals surface area contributed by atoms with Crippen LogP contribution in [0.3, 0.4) is 0 Å². The maximum absolute atomic E-state index is 8.74. The van der Waals surface area contributed by atoms with Crippen LogP contribution in [0, 0.1) is 0 Å². The van der Waals surface area contributed by atoms with Crippen LogP contribution in [0.5, 0.6) is 0 Å². The van der Waals surface area contributed by atoms with Crippen LogP contribution in [0.4, 0.5) is 0 Å². The van der Waals surface area contributed by atoms with E-state index in [0.29, 0.717) is 0 Å². The summed E-state index contributed by atoms with van der Waals surface area (Å²) in [5, 5.41) is 17.5. The van der Waals surface area contributed by atoms with Crippen LogP contribution in [-0.2, 0) is 13.2 Å². The summed E-state index contributed by atoms with van der Waals surface area (Å²) >= 11 is 0. The fourth-order valence-corrected chi connectivity index (χ4v) is 0.866. The Kier molecular flexibility index (Phi) is 6.34. The van der Waals surface area contributed by atoms with Gasteiger partial charge >= 0.3 is 0 Å². The summed E-state index contributed by atoms with van der Waals surface area (Å²) in [5.74, 6) is 0. The number of aliphatic hydroxyl groups excluding tert-OH is 2. The van der Waals surface area contributed by atoms with Crippen LogP contribution in [0.1, 0.15) is 25.0 Å². The van der Waals surface area contributed by atoms with E-state index in [4.69, 9.17) is 10.2 Å². The van der Waals surface area contributed by atoms with Crippen molar-refractivity contribution in [2.24, 2.45) is 0 Å². The molecule has 0 radical (unpaired) electrons. The van der Waals surface area contributed by atoms with Gasteiger partial charge in [0.15, 0.2) is 0 Å². The molecule has 1 rings (SSSR count). The van der Waals surface area contributed by atoms with Gasteiger partial charge in [-0.15, -0.1) is 0 Å². The molecule has 0 fully saturated rings. The molecule has 0 spiro atoms. The van der Waals surface area contributed by atoms with Gasteiger partial charge in [-0.1, -0.05) is 38.1 Å².